The Labute approximate surface area is 72.0 Å². The van der Waals surface area contributed by atoms with E-state index in [0.29, 0.717) is 5.57 Å². The molecule has 2 atom stereocenters. The fourth-order valence-corrected chi connectivity index (χ4v) is 1.31. The summed E-state index contributed by atoms with van der Waals surface area (Å²) >= 11 is 0. The lowest BCUT2D eigenvalue weighted by Crippen LogP contribution is -2.07. The largest absolute Gasteiger partial charge is 0.478 e. The maximum absolute atomic E-state index is 10.4. The molecule has 0 bridgehead atoms. The Kier molecular flexibility index (Phi) is 2.87. The minimum atomic E-state index is -0.863. The van der Waals surface area contributed by atoms with E-state index in [-0.39, 0.29) is 12.2 Å². The molecule has 2 unspecified atom stereocenters. The van der Waals surface area contributed by atoms with Crippen LogP contribution in [-0.4, -0.2) is 23.3 Å². The molecule has 1 rings (SSSR count). The molecular weight excluding hydrogens is 156 g/mol. The predicted molar refractivity (Wildman–Crippen MR) is 45.0 cm³/mol. The van der Waals surface area contributed by atoms with Crippen molar-refractivity contribution in [2.75, 3.05) is 0 Å². The molecule has 1 heterocycles. The number of rotatable bonds is 2. The second-order valence-corrected chi connectivity index (χ2v) is 3.22. The molecule has 0 spiro atoms. The van der Waals surface area contributed by atoms with Gasteiger partial charge in [-0.05, 0) is 32.8 Å². The Bertz CT molecular complexity index is 208. The second-order valence-electron chi connectivity index (χ2n) is 3.22. The van der Waals surface area contributed by atoms with E-state index in [0.717, 1.165) is 12.8 Å². The maximum atomic E-state index is 10.4. The number of hydrogen-bond acceptors (Lipinski definition) is 2. The van der Waals surface area contributed by atoms with Gasteiger partial charge in [0.25, 0.3) is 0 Å². The summed E-state index contributed by atoms with van der Waals surface area (Å²) in [5, 5.41) is 8.58. The van der Waals surface area contributed by atoms with E-state index in [1.807, 2.05) is 6.92 Å². The van der Waals surface area contributed by atoms with Gasteiger partial charge in [0.1, 0.15) is 0 Å². The van der Waals surface area contributed by atoms with Gasteiger partial charge in [0.05, 0.1) is 12.2 Å². The fraction of sp³-hybridized carbons (Fsp3) is 0.667. The number of ether oxygens (including phenoxy) is 1. The van der Waals surface area contributed by atoms with E-state index < -0.39 is 5.97 Å². The third-order valence-corrected chi connectivity index (χ3v) is 2.04. The molecule has 1 aliphatic heterocycles. The zero-order chi connectivity index (χ0) is 9.14. The van der Waals surface area contributed by atoms with Crippen LogP contribution in [0.5, 0.6) is 0 Å². The highest BCUT2D eigenvalue weighted by molar-refractivity contribution is 5.85. The molecule has 0 aromatic heterocycles. The molecule has 0 aromatic carbocycles. The molecule has 1 fully saturated rings. The molecule has 0 radical (unpaired) electrons. The molecule has 3 heteroatoms. The topological polar surface area (TPSA) is 46.5 Å². The van der Waals surface area contributed by atoms with Gasteiger partial charge in [0.2, 0.25) is 0 Å². The molecule has 0 amide bonds. The van der Waals surface area contributed by atoms with Gasteiger partial charge in [-0.25, -0.2) is 4.79 Å². The molecule has 0 aromatic rings. The molecule has 68 valence electrons. The van der Waals surface area contributed by atoms with Gasteiger partial charge in [0, 0.05) is 5.57 Å². The van der Waals surface area contributed by atoms with Crippen molar-refractivity contribution in [3.8, 4) is 0 Å². The van der Waals surface area contributed by atoms with Crippen LogP contribution in [0.2, 0.25) is 0 Å². The van der Waals surface area contributed by atoms with Crippen LogP contribution in [-0.2, 0) is 9.53 Å². The van der Waals surface area contributed by atoms with Crippen LogP contribution in [0, 0.1) is 0 Å². The van der Waals surface area contributed by atoms with E-state index in [9.17, 15) is 4.79 Å². The van der Waals surface area contributed by atoms with Crippen molar-refractivity contribution in [3.05, 3.63) is 11.6 Å². The third kappa shape index (κ3) is 2.34. The summed E-state index contributed by atoms with van der Waals surface area (Å²) in [5.41, 5.74) is 0.370. The number of aliphatic carboxylic acids is 1. The summed E-state index contributed by atoms with van der Waals surface area (Å²) in [7, 11) is 0. The number of hydrogen-bond donors (Lipinski definition) is 1. The van der Waals surface area contributed by atoms with Crippen molar-refractivity contribution in [2.24, 2.45) is 0 Å². The highest BCUT2D eigenvalue weighted by Gasteiger charge is 2.20. The highest BCUT2D eigenvalue weighted by atomic mass is 16.5. The highest BCUT2D eigenvalue weighted by Crippen LogP contribution is 2.20. The standard InChI is InChI=1S/C9H14O3/c1-6(9(10)11)5-8-4-3-7(2)12-8/h5,7-8H,3-4H2,1-2H3,(H,10,11)/b6-5-. The molecule has 1 aliphatic rings. The average molecular weight is 170 g/mol. The summed E-state index contributed by atoms with van der Waals surface area (Å²) in [6, 6.07) is 0. The van der Waals surface area contributed by atoms with Gasteiger partial charge in [-0.3, -0.25) is 0 Å². The minimum Gasteiger partial charge on any atom is -0.478 e. The molecule has 1 N–H and O–H groups in total. The Balaban J connectivity index is 2.50. The Morgan fingerprint density at radius 2 is 2.25 bits per heavy atom. The van der Waals surface area contributed by atoms with Crippen molar-refractivity contribution in [3.63, 3.8) is 0 Å². The van der Waals surface area contributed by atoms with Crippen LogP contribution in [0.15, 0.2) is 11.6 Å². The van der Waals surface area contributed by atoms with Gasteiger partial charge < -0.3 is 9.84 Å². The molecule has 0 saturated carbocycles. The maximum Gasteiger partial charge on any atom is 0.331 e. The molecule has 12 heavy (non-hydrogen) atoms. The average Bonchev–Trinajstić information content (AvgIpc) is 2.35. The van der Waals surface area contributed by atoms with Crippen molar-refractivity contribution in [1.82, 2.24) is 0 Å². The van der Waals surface area contributed by atoms with Gasteiger partial charge in [0.15, 0.2) is 0 Å². The first-order valence-corrected chi connectivity index (χ1v) is 4.16. The van der Waals surface area contributed by atoms with Gasteiger partial charge in [-0.15, -0.1) is 0 Å². The first-order valence-electron chi connectivity index (χ1n) is 4.16. The van der Waals surface area contributed by atoms with Crippen molar-refractivity contribution < 1.29 is 14.6 Å². The zero-order valence-corrected chi connectivity index (χ0v) is 7.41. The van der Waals surface area contributed by atoms with Crippen LogP contribution in [0.3, 0.4) is 0 Å². The van der Waals surface area contributed by atoms with E-state index in [4.69, 9.17) is 9.84 Å². The normalized spacial score (nSPS) is 30.7. The van der Waals surface area contributed by atoms with Crippen LogP contribution >= 0.6 is 0 Å². The lowest BCUT2D eigenvalue weighted by molar-refractivity contribution is -0.132. The van der Waals surface area contributed by atoms with Gasteiger partial charge >= 0.3 is 5.97 Å². The van der Waals surface area contributed by atoms with Crippen molar-refractivity contribution in [2.45, 2.75) is 38.9 Å². The predicted octanol–water partition coefficient (Wildman–Crippen LogP) is 1.58. The Hall–Kier alpha value is -0.830. The number of carboxylic acid groups (broad SMARTS) is 1. The third-order valence-electron chi connectivity index (χ3n) is 2.04. The van der Waals surface area contributed by atoms with E-state index in [2.05, 4.69) is 0 Å². The molecule has 3 nitrogen and oxygen atoms in total. The van der Waals surface area contributed by atoms with Crippen molar-refractivity contribution in [1.29, 1.82) is 0 Å². The monoisotopic (exact) mass is 170 g/mol. The lowest BCUT2D eigenvalue weighted by atomic mass is 10.1. The van der Waals surface area contributed by atoms with Crippen LogP contribution in [0.25, 0.3) is 0 Å². The number of carbonyl (C=O) groups is 1. The fourth-order valence-electron chi connectivity index (χ4n) is 1.31. The zero-order valence-electron chi connectivity index (χ0n) is 7.41. The van der Waals surface area contributed by atoms with Gasteiger partial charge in [-0.1, -0.05) is 0 Å². The van der Waals surface area contributed by atoms with E-state index in [1.165, 1.54) is 0 Å². The molecule has 0 aliphatic carbocycles. The first kappa shape index (κ1) is 9.26. The van der Waals surface area contributed by atoms with E-state index >= 15 is 0 Å². The van der Waals surface area contributed by atoms with Crippen LogP contribution in [0.4, 0.5) is 0 Å². The van der Waals surface area contributed by atoms with Crippen LogP contribution < -0.4 is 0 Å². The summed E-state index contributed by atoms with van der Waals surface area (Å²) in [5.74, 6) is -0.863. The van der Waals surface area contributed by atoms with Crippen LogP contribution in [0.1, 0.15) is 26.7 Å². The first-order chi connectivity index (χ1) is 5.59. The summed E-state index contributed by atoms with van der Waals surface area (Å²) in [6.45, 7) is 3.60. The Morgan fingerprint density at radius 3 is 2.67 bits per heavy atom. The van der Waals surface area contributed by atoms with E-state index in [1.54, 1.807) is 13.0 Å². The lowest BCUT2D eigenvalue weighted by Gasteiger charge is -2.05. The Morgan fingerprint density at radius 1 is 1.58 bits per heavy atom. The molecular formula is C9H14O3. The minimum absolute atomic E-state index is 0.0103. The smallest absolute Gasteiger partial charge is 0.331 e. The number of carboxylic acids is 1. The quantitative estimate of drug-likeness (QED) is 0.640. The molecule has 1 saturated heterocycles. The SMILES string of the molecule is C/C(=C/C1CCC(C)O1)C(=O)O. The second kappa shape index (κ2) is 3.72. The summed E-state index contributed by atoms with van der Waals surface area (Å²) in [6.07, 6.45) is 3.93. The summed E-state index contributed by atoms with van der Waals surface area (Å²) < 4.78 is 5.44. The van der Waals surface area contributed by atoms with Gasteiger partial charge in [-0.2, -0.15) is 0 Å². The van der Waals surface area contributed by atoms with Crippen molar-refractivity contribution >= 4 is 5.97 Å². The summed E-state index contributed by atoms with van der Waals surface area (Å²) in [4.78, 5) is 10.4.